The van der Waals surface area contributed by atoms with Crippen molar-refractivity contribution >= 4 is 35.9 Å². The van der Waals surface area contributed by atoms with Gasteiger partial charge in [0.1, 0.15) is 12.4 Å². The van der Waals surface area contributed by atoms with E-state index in [4.69, 9.17) is 4.74 Å². The van der Waals surface area contributed by atoms with Gasteiger partial charge < -0.3 is 14.5 Å². The van der Waals surface area contributed by atoms with E-state index in [9.17, 15) is 9.59 Å². The number of pyridine rings is 1. The van der Waals surface area contributed by atoms with Gasteiger partial charge in [0.2, 0.25) is 0 Å². The number of nitrogens with zero attached hydrogens (tertiary/aromatic N) is 4. The van der Waals surface area contributed by atoms with Gasteiger partial charge >= 0.3 is 6.09 Å². The zero-order chi connectivity index (χ0) is 21.4. The summed E-state index contributed by atoms with van der Waals surface area (Å²) in [6.45, 7) is 11.2. The maximum atomic E-state index is 13.1. The molecule has 0 spiro atoms. The highest BCUT2D eigenvalue weighted by atomic mass is 35.5. The van der Waals surface area contributed by atoms with Crippen molar-refractivity contribution < 1.29 is 14.3 Å². The van der Waals surface area contributed by atoms with Crippen LogP contribution in [0, 0.1) is 20.8 Å². The Morgan fingerprint density at radius 3 is 2.35 bits per heavy atom. The number of carbonyl (C=O) groups is 2. The van der Waals surface area contributed by atoms with Crippen molar-refractivity contribution in [2.45, 2.75) is 33.7 Å². The van der Waals surface area contributed by atoms with Crippen LogP contribution in [0.2, 0.25) is 0 Å². The summed E-state index contributed by atoms with van der Waals surface area (Å²) in [5.41, 5.74) is 4.66. The Hall–Kier alpha value is -2.80. The molecule has 1 atom stereocenters. The Bertz CT molecular complexity index is 989. The molecule has 0 bridgehead atoms. The molecule has 2 saturated heterocycles. The number of anilines is 2. The molecule has 31 heavy (non-hydrogen) atoms. The highest BCUT2D eigenvalue weighted by Gasteiger charge is 2.32. The SMILES string of the molecule is Cc1cnc(N2CCN(C(=O)c3ccc(N4C(=O)OC[C@H]4C)c(C)c3)CC2)c(C)c1.Cl. The number of carbonyl (C=O) groups excluding carboxylic acids is 2. The molecule has 4 rings (SSSR count). The number of aromatic nitrogens is 1. The Morgan fingerprint density at radius 1 is 1.06 bits per heavy atom. The fourth-order valence-electron chi connectivity index (χ4n) is 4.25. The van der Waals surface area contributed by atoms with Gasteiger partial charge in [-0.25, -0.2) is 9.78 Å². The molecule has 2 aliphatic rings. The van der Waals surface area contributed by atoms with Crippen LogP contribution in [0.5, 0.6) is 0 Å². The second-order valence-corrected chi connectivity index (χ2v) is 8.23. The summed E-state index contributed by atoms with van der Waals surface area (Å²) in [7, 11) is 0. The second-order valence-electron chi connectivity index (χ2n) is 8.23. The number of cyclic esters (lactones) is 1. The normalized spacial score (nSPS) is 18.6. The van der Waals surface area contributed by atoms with Crippen LogP contribution < -0.4 is 9.80 Å². The summed E-state index contributed by atoms with van der Waals surface area (Å²) in [5, 5.41) is 0. The third-order valence-corrected chi connectivity index (χ3v) is 5.84. The van der Waals surface area contributed by atoms with E-state index >= 15 is 0 Å². The summed E-state index contributed by atoms with van der Waals surface area (Å²) >= 11 is 0. The molecule has 0 aliphatic carbocycles. The molecule has 0 saturated carbocycles. The summed E-state index contributed by atoms with van der Waals surface area (Å²) in [4.78, 5) is 35.4. The van der Waals surface area contributed by atoms with Crippen molar-refractivity contribution in [3.8, 4) is 0 Å². The third kappa shape index (κ3) is 4.46. The molecule has 3 heterocycles. The first-order chi connectivity index (χ1) is 14.3. The monoisotopic (exact) mass is 444 g/mol. The van der Waals surface area contributed by atoms with Gasteiger partial charge in [-0.05, 0) is 62.6 Å². The molecule has 7 nitrogen and oxygen atoms in total. The summed E-state index contributed by atoms with van der Waals surface area (Å²) < 4.78 is 5.12. The molecule has 2 fully saturated rings. The first-order valence-corrected chi connectivity index (χ1v) is 10.4. The lowest BCUT2D eigenvalue weighted by atomic mass is 10.1. The number of aryl methyl sites for hydroxylation is 3. The maximum absolute atomic E-state index is 13.1. The lowest BCUT2D eigenvalue weighted by Gasteiger charge is -2.36. The van der Waals surface area contributed by atoms with Crippen molar-refractivity contribution in [3.05, 3.63) is 52.7 Å². The minimum absolute atomic E-state index is 0. The number of rotatable bonds is 3. The largest absolute Gasteiger partial charge is 0.447 e. The number of hydrogen-bond acceptors (Lipinski definition) is 5. The minimum atomic E-state index is -0.333. The third-order valence-electron chi connectivity index (χ3n) is 5.84. The molecule has 1 aromatic carbocycles. The van der Waals surface area contributed by atoms with E-state index in [2.05, 4.69) is 22.9 Å². The lowest BCUT2D eigenvalue weighted by Crippen LogP contribution is -2.49. The number of benzene rings is 1. The molecular weight excluding hydrogens is 416 g/mol. The van der Waals surface area contributed by atoms with Gasteiger partial charge in [-0.15, -0.1) is 12.4 Å². The molecule has 2 aromatic rings. The van der Waals surface area contributed by atoms with Crippen LogP contribution in [0.4, 0.5) is 16.3 Å². The lowest BCUT2D eigenvalue weighted by molar-refractivity contribution is 0.0746. The zero-order valence-electron chi connectivity index (χ0n) is 18.4. The van der Waals surface area contributed by atoms with Crippen molar-refractivity contribution in [1.82, 2.24) is 9.88 Å². The molecule has 0 radical (unpaired) electrons. The van der Waals surface area contributed by atoms with E-state index in [1.165, 1.54) is 0 Å². The van der Waals surface area contributed by atoms with Gasteiger partial charge in [0.15, 0.2) is 0 Å². The maximum Gasteiger partial charge on any atom is 0.414 e. The van der Waals surface area contributed by atoms with Crippen molar-refractivity contribution in [1.29, 1.82) is 0 Å². The highest BCUT2D eigenvalue weighted by molar-refractivity contribution is 5.96. The van der Waals surface area contributed by atoms with Crippen LogP contribution >= 0.6 is 12.4 Å². The molecule has 2 aliphatic heterocycles. The number of hydrogen-bond donors (Lipinski definition) is 0. The molecule has 1 aromatic heterocycles. The fraction of sp³-hybridized carbons (Fsp3) is 0.435. The molecule has 2 amide bonds. The van der Waals surface area contributed by atoms with Crippen molar-refractivity contribution in [2.75, 3.05) is 42.6 Å². The van der Waals surface area contributed by atoms with Gasteiger partial charge in [0, 0.05) is 37.9 Å². The topological polar surface area (TPSA) is 66.0 Å². The van der Waals surface area contributed by atoms with Crippen LogP contribution in [0.3, 0.4) is 0 Å². The smallest absolute Gasteiger partial charge is 0.414 e. The van der Waals surface area contributed by atoms with E-state index < -0.39 is 0 Å². The van der Waals surface area contributed by atoms with Gasteiger partial charge in [-0.3, -0.25) is 9.69 Å². The first kappa shape index (κ1) is 22.9. The number of ether oxygens (including phenoxy) is 1. The Kier molecular flexibility index (Phi) is 6.74. The van der Waals surface area contributed by atoms with E-state index in [1.54, 1.807) is 11.0 Å². The fourth-order valence-corrected chi connectivity index (χ4v) is 4.25. The predicted molar refractivity (Wildman–Crippen MR) is 124 cm³/mol. The summed E-state index contributed by atoms with van der Waals surface area (Å²) in [6.07, 6.45) is 1.56. The van der Waals surface area contributed by atoms with E-state index in [0.29, 0.717) is 25.3 Å². The van der Waals surface area contributed by atoms with E-state index in [-0.39, 0.29) is 30.4 Å². The molecule has 166 valence electrons. The standard InChI is InChI=1S/C23H28N4O3.ClH/c1-15-11-17(3)21(24-13-15)25-7-9-26(10-8-25)22(28)19-5-6-20(16(2)12-19)27-18(4)14-30-23(27)29;/h5-6,11-13,18H,7-10,14H2,1-4H3;1H/t18-;/m1./s1. The Morgan fingerprint density at radius 2 is 1.77 bits per heavy atom. The second kappa shape index (κ2) is 9.14. The Labute approximate surface area is 189 Å². The average Bonchev–Trinajstić information content (AvgIpc) is 3.06. The highest BCUT2D eigenvalue weighted by Crippen LogP contribution is 2.28. The number of amides is 2. The number of piperazine rings is 1. The van der Waals surface area contributed by atoms with Crippen LogP contribution in [0.25, 0.3) is 0 Å². The van der Waals surface area contributed by atoms with Gasteiger partial charge in [-0.2, -0.15) is 0 Å². The molecule has 0 N–H and O–H groups in total. The molecule has 8 heteroatoms. The summed E-state index contributed by atoms with van der Waals surface area (Å²) in [5.74, 6) is 1.02. The van der Waals surface area contributed by atoms with Crippen LogP contribution in [0.1, 0.15) is 34.0 Å². The predicted octanol–water partition coefficient (Wildman–Crippen LogP) is 3.74. The summed E-state index contributed by atoms with van der Waals surface area (Å²) in [6, 6.07) is 7.65. The Balaban J connectivity index is 0.00000272. The first-order valence-electron chi connectivity index (χ1n) is 10.4. The van der Waals surface area contributed by atoms with Gasteiger partial charge in [0.25, 0.3) is 5.91 Å². The van der Waals surface area contributed by atoms with Crippen LogP contribution in [-0.2, 0) is 4.74 Å². The average molecular weight is 445 g/mol. The zero-order valence-corrected chi connectivity index (χ0v) is 19.2. The van der Waals surface area contributed by atoms with Crippen molar-refractivity contribution in [2.24, 2.45) is 0 Å². The van der Waals surface area contributed by atoms with E-state index in [0.717, 1.165) is 41.3 Å². The van der Waals surface area contributed by atoms with Crippen LogP contribution in [-0.4, -0.2) is 60.7 Å². The molecular formula is C23H29ClN4O3. The van der Waals surface area contributed by atoms with Gasteiger partial charge in [-0.1, -0.05) is 6.07 Å². The molecule has 0 unspecified atom stereocenters. The van der Waals surface area contributed by atoms with Crippen molar-refractivity contribution in [3.63, 3.8) is 0 Å². The van der Waals surface area contributed by atoms with Gasteiger partial charge in [0.05, 0.1) is 11.7 Å². The van der Waals surface area contributed by atoms with Crippen LogP contribution in [0.15, 0.2) is 30.5 Å². The minimum Gasteiger partial charge on any atom is -0.447 e. The quantitative estimate of drug-likeness (QED) is 0.721. The number of halogens is 1. The van der Waals surface area contributed by atoms with E-state index in [1.807, 2.05) is 44.0 Å².